The maximum absolute atomic E-state index is 5.70. The molecule has 1 aromatic heterocycles. The number of aromatic nitrogens is 2. The minimum atomic E-state index is 0.481. The van der Waals surface area contributed by atoms with Gasteiger partial charge in [0, 0.05) is 18.4 Å². The average molecular weight is 181 g/mol. The number of hydrogen-bond acceptors (Lipinski definition) is 2. The molecule has 0 bridgehead atoms. The molecule has 74 valence electrons. The minimum Gasteiger partial charge on any atom is -0.369 e. The first-order valence-corrected chi connectivity index (χ1v) is 5.04. The van der Waals surface area contributed by atoms with Crippen molar-refractivity contribution in [3.63, 3.8) is 0 Å². The van der Waals surface area contributed by atoms with Crippen LogP contribution in [0.5, 0.6) is 0 Å². The molecular formula is C10H19N3. The molecule has 3 heteroatoms. The van der Waals surface area contributed by atoms with Gasteiger partial charge in [0.05, 0.1) is 0 Å². The molecular weight excluding hydrogens is 162 g/mol. The van der Waals surface area contributed by atoms with Gasteiger partial charge in [-0.05, 0) is 13.3 Å². The number of nitrogen functional groups attached to an aromatic ring is 1. The van der Waals surface area contributed by atoms with Gasteiger partial charge in [-0.25, -0.2) is 4.98 Å². The molecule has 0 aromatic carbocycles. The van der Waals surface area contributed by atoms with E-state index < -0.39 is 0 Å². The van der Waals surface area contributed by atoms with E-state index in [1.165, 1.54) is 25.7 Å². The van der Waals surface area contributed by atoms with Crippen LogP contribution in [0.2, 0.25) is 0 Å². The van der Waals surface area contributed by atoms with Crippen LogP contribution in [0.1, 0.15) is 45.6 Å². The summed E-state index contributed by atoms with van der Waals surface area (Å²) in [6.45, 7) is 4.41. The van der Waals surface area contributed by atoms with E-state index >= 15 is 0 Å². The summed E-state index contributed by atoms with van der Waals surface area (Å²) in [5.41, 5.74) is 5.70. The van der Waals surface area contributed by atoms with Gasteiger partial charge in [-0.3, -0.25) is 0 Å². The summed E-state index contributed by atoms with van der Waals surface area (Å²) in [6.07, 6.45) is 8.74. The lowest BCUT2D eigenvalue weighted by Gasteiger charge is -2.13. The van der Waals surface area contributed by atoms with Gasteiger partial charge in [-0.15, -0.1) is 0 Å². The Labute approximate surface area is 80.0 Å². The van der Waals surface area contributed by atoms with Gasteiger partial charge in [0.25, 0.3) is 0 Å². The number of rotatable bonds is 5. The van der Waals surface area contributed by atoms with E-state index in [9.17, 15) is 0 Å². The second-order valence-electron chi connectivity index (χ2n) is 3.54. The van der Waals surface area contributed by atoms with E-state index in [1.54, 1.807) is 6.20 Å². The maximum Gasteiger partial charge on any atom is 0.200 e. The highest BCUT2D eigenvalue weighted by molar-refractivity contribution is 5.17. The second-order valence-corrected chi connectivity index (χ2v) is 3.54. The summed E-state index contributed by atoms with van der Waals surface area (Å²) in [6, 6.07) is 0.481. The summed E-state index contributed by atoms with van der Waals surface area (Å²) in [5, 5.41) is 0. The molecule has 0 saturated carbocycles. The minimum absolute atomic E-state index is 0.481. The molecule has 0 radical (unpaired) electrons. The molecule has 13 heavy (non-hydrogen) atoms. The molecule has 0 amide bonds. The third-order valence-electron chi connectivity index (χ3n) is 2.40. The van der Waals surface area contributed by atoms with Crippen LogP contribution in [0.15, 0.2) is 12.4 Å². The van der Waals surface area contributed by atoms with Gasteiger partial charge in [0.15, 0.2) is 5.95 Å². The summed E-state index contributed by atoms with van der Waals surface area (Å²) in [7, 11) is 0. The number of imidazole rings is 1. The predicted molar refractivity (Wildman–Crippen MR) is 55.5 cm³/mol. The number of hydrogen-bond donors (Lipinski definition) is 1. The molecule has 0 fully saturated rings. The lowest BCUT2D eigenvalue weighted by Crippen LogP contribution is -2.07. The Morgan fingerprint density at radius 3 is 2.85 bits per heavy atom. The van der Waals surface area contributed by atoms with Crippen LogP contribution in [0.25, 0.3) is 0 Å². The van der Waals surface area contributed by atoms with Gasteiger partial charge in [0.1, 0.15) is 0 Å². The number of anilines is 1. The summed E-state index contributed by atoms with van der Waals surface area (Å²) in [4.78, 5) is 4.01. The predicted octanol–water partition coefficient (Wildman–Crippen LogP) is 2.61. The number of nitrogens with zero attached hydrogens (tertiary/aromatic N) is 2. The van der Waals surface area contributed by atoms with Crippen LogP contribution in [0.4, 0.5) is 5.95 Å². The van der Waals surface area contributed by atoms with Crippen LogP contribution in [-0.2, 0) is 0 Å². The van der Waals surface area contributed by atoms with E-state index in [0.29, 0.717) is 12.0 Å². The van der Waals surface area contributed by atoms with Crippen LogP contribution >= 0.6 is 0 Å². The van der Waals surface area contributed by atoms with Crippen molar-refractivity contribution in [2.24, 2.45) is 0 Å². The van der Waals surface area contributed by atoms with Gasteiger partial charge in [-0.2, -0.15) is 0 Å². The fourth-order valence-corrected chi connectivity index (χ4v) is 1.53. The standard InChI is InChI=1S/C10H19N3/c1-3-4-5-6-9(2)13-8-7-12-10(13)11/h7-9H,3-6H2,1-2H3,(H2,11,12). The van der Waals surface area contributed by atoms with Gasteiger partial charge in [0.2, 0.25) is 0 Å². The highest BCUT2D eigenvalue weighted by Crippen LogP contribution is 2.17. The normalized spacial score (nSPS) is 13.1. The van der Waals surface area contributed by atoms with Gasteiger partial charge < -0.3 is 10.3 Å². The van der Waals surface area contributed by atoms with Crippen LogP contribution in [-0.4, -0.2) is 9.55 Å². The molecule has 0 aliphatic heterocycles. The van der Waals surface area contributed by atoms with E-state index in [4.69, 9.17) is 5.73 Å². The second kappa shape index (κ2) is 4.90. The monoisotopic (exact) mass is 181 g/mol. The van der Waals surface area contributed by atoms with Crippen molar-refractivity contribution in [3.8, 4) is 0 Å². The molecule has 1 heterocycles. The van der Waals surface area contributed by atoms with Crippen molar-refractivity contribution in [1.82, 2.24) is 9.55 Å². The average Bonchev–Trinajstić information content (AvgIpc) is 2.52. The van der Waals surface area contributed by atoms with Gasteiger partial charge >= 0.3 is 0 Å². The lowest BCUT2D eigenvalue weighted by molar-refractivity contribution is 0.482. The van der Waals surface area contributed by atoms with Crippen molar-refractivity contribution in [2.45, 2.75) is 45.6 Å². The zero-order valence-electron chi connectivity index (χ0n) is 8.53. The highest BCUT2D eigenvalue weighted by atomic mass is 15.1. The molecule has 0 aliphatic carbocycles. The largest absolute Gasteiger partial charge is 0.369 e. The zero-order chi connectivity index (χ0) is 9.68. The quantitative estimate of drug-likeness (QED) is 0.709. The molecule has 0 aliphatic rings. The Balaban J connectivity index is 2.39. The van der Waals surface area contributed by atoms with E-state index in [0.717, 1.165) is 0 Å². The van der Waals surface area contributed by atoms with E-state index in [1.807, 2.05) is 10.8 Å². The summed E-state index contributed by atoms with van der Waals surface area (Å²) in [5.74, 6) is 0.629. The highest BCUT2D eigenvalue weighted by Gasteiger charge is 2.06. The fourth-order valence-electron chi connectivity index (χ4n) is 1.53. The Bertz CT molecular complexity index is 242. The van der Waals surface area contributed by atoms with Crippen molar-refractivity contribution in [3.05, 3.63) is 12.4 Å². The van der Waals surface area contributed by atoms with Crippen LogP contribution in [0.3, 0.4) is 0 Å². The van der Waals surface area contributed by atoms with Gasteiger partial charge in [-0.1, -0.05) is 26.2 Å². The Hall–Kier alpha value is -0.990. The molecule has 3 nitrogen and oxygen atoms in total. The smallest absolute Gasteiger partial charge is 0.200 e. The zero-order valence-corrected chi connectivity index (χ0v) is 8.53. The molecule has 0 spiro atoms. The topological polar surface area (TPSA) is 43.8 Å². The first-order chi connectivity index (χ1) is 6.25. The maximum atomic E-state index is 5.70. The SMILES string of the molecule is CCCCCC(C)n1ccnc1N. The van der Waals surface area contributed by atoms with Crippen molar-refractivity contribution >= 4 is 5.95 Å². The summed E-state index contributed by atoms with van der Waals surface area (Å²) >= 11 is 0. The van der Waals surface area contributed by atoms with Crippen molar-refractivity contribution in [1.29, 1.82) is 0 Å². The van der Waals surface area contributed by atoms with E-state index in [-0.39, 0.29) is 0 Å². The fraction of sp³-hybridized carbons (Fsp3) is 0.700. The third-order valence-corrected chi connectivity index (χ3v) is 2.40. The van der Waals surface area contributed by atoms with Crippen LogP contribution < -0.4 is 5.73 Å². The molecule has 1 rings (SSSR count). The molecule has 2 N–H and O–H groups in total. The Morgan fingerprint density at radius 1 is 1.54 bits per heavy atom. The Kier molecular flexibility index (Phi) is 3.80. The molecule has 0 saturated heterocycles. The Morgan fingerprint density at radius 2 is 2.31 bits per heavy atom. The summed E-state index contributed by atoms with van der Waals surface area (Å²) < 4.78 is 2.04. The number of unbranched alkanes of at least 4 members (excludes halogenated alkanes) is 2. The first-order valence-electron chi connectivity index (χ1n) is 5.04. The lowest BCUT2D eigenvalue weighted by atomic mass is 10.1. The third kappa shape index (κ3) is 2.76. The first kappa shape index (κ1) is 10.1. The van der Waals surface area contributed by atoms with Crippen molar-refractivity contribution in [2.75, 3.05) is 5.73 Å². The molecule has 1 unspecified atom stereocenters. The number of nitrogens with two attached hydrogens (primary N) is 1. The van der Waals surface area contributed by atoms with E-state index in [2.05, 4.69) is 18.8 Å². The van der Waals surface area contributed by atoms with Crippen LogP contribution in [0, 0.1) is 0 Å². The van der Waals surface area contributed by atoms with Crippen molar-refractivity contribution < 1.29 is 0 Å². The molecule has 1 atom stereocenters. The molecule has 1 aromatic rings.